The van der Waals surface area contributed by atoms with E-state index in [1.165, 1.54) is 5.56 Å². The molecule has 0 radical (unpaired) electrons. The van der Waals surface area contributed by atoms with Gasteiger partial charge in [-0.05, 0) is 31.7 Å². The molecule has 3 aliphatic rings. The van der Waals surface area contributed by atoms with Crippen LogP contribution in [0, 0.1) is 6.92 Å². The number of hydrogen-bond acceptors (Lipinski definition) is 3. The number of carbonyl (C=O) groups excluding carboxylic acids is 2. The Morgan fingerprint density at radius 3 is 2.73 bits per heavy atom. The van der Waals surface area contributed by atoms with Crippen LogP contribution in [0.2, 0.25) is 0 Å². The van der Waals surface area contributed by atoms with Gasteiger partial charge in [0.05, 0.1) is 0 Å². The Labute approximate surface area is 134 Å². The van der Waals surface area contributed by atoms with Gasteiger partial charge in [0.1, 0.15) is 10.9 Å². The number of rotatable bonds is 3. The normalized spacial score (nSPS) is 30.5. The summed E-state index contributed by atoms with van der Waals surface area (Å²) in [5, 5.41) is 3.06. The van der Waals surface area contributed by atoms with Crippen LogP contribution < -0.4 is 5.32 Å². The highest BCUT2D eigenvalue weighted by molar-refractivity contribution is 8.00. The number of amides is 2. The molecule has 1 aromatic carbocycles. The first kappa shape index (κ1) is 14.1. The molecule has 2 amide bonds. The highest BCUT2D eigenvalue weighted by Gasteiger charge is 2.56. The van der Waals surface area contributed by atoms with Crippen LogP contribution in [0.4, 0.5) is 0 Å². The minimum atomic E-state index is -0.337. The van der Waals surface area contributed by atoms with Gasteiger partial charge in [-0.2, -0.15) is 0 Å². The van der Waals surface area contributed by atoms with Gasteiger partial charge in [0.25, 0.3) is 0 Å². The summed E-state index contributed by atoms with van der Waals surface area (Å²) >= 11 is 1.75. The number of nitrogens with zero attached hydrogens (tertiary/aromatic N) is 1. The number of hydrogen-bond donors (Lipinski definition) is 1. The monoisotopic (exact) mass is 316 g/mol. The molecule has 2 aliphatic heterocycles. The second kappa shape index (κ2) is 5.01. The van der Waals surface area contributed by atoms with Crippen molar-refractivity contribution in [3.05, 3.63) is 35.4 Å². The molecule has 1 aliphatic carbocycles. The molecule has 22 heavy (non-hydrogen) atoms. The first-order valence-corrected chi connectivity index (χ1v) is 8.92. The van der Waals surface area contributed by atoms with Crippen LogP contribution in [-0.4, -0.2) is 34.6 Å². The summed E-state index contributed by atoms with van der Waals surface area (Å²) in [6.07, 6.45) is 3.48. The van der Waals surface area contributed by atoms with Crippen LogP contribution >= 0.6 is 11.8 Å². The standard InChI is InChI=1S/C17H20N2O2S/c1-11-2-4-12(5-3-11)17-9-8-15(20)19(17)14(10-22-17)16(21)18-13-6-7-13/h2-5,13-14H,6-10H2,1H3,(H,18,21)/t14-,17+/m1/s1. The minimum Gasteiger partial charge on any atom is -0.352 e. The second-order valence-corrected chi connectivity index (χ2v) is 7.82. The van der Waals surface area contributed by atoms with Crippen molar-refractivity contribution in [1.29, 1.82) is 0 Å². The van der Waals surface area contributed by atoms with Crippen molar-refractivity contribution in [2.75, 3.05) is 5.75 Å². The maximum atomic E-state index is 12.5. The van der Waals surface area contributed by atoms with E-state index >= 15 is 0 Å². The molecule has 116 valence electrons. The zero-order valence-corrected chi connectivity index (χ0v) is 13.5. The summed E-state index contributed by atoms with van der Waals surface area (Å²) in [5.74, 6) is 0.832. The summed E-state index contributed by atoms with van der Waals surface area (Å²) in [5.41, 5.74) is 2.36. The van der Waals surface area contributed by atoms with Crippen molar-refractivity contribution in [2.45, 2.75) is 49.6 Å². The Balaban J connectivity index is 1.65. The molecule has 0 unspecified atom stereocenters. The lowest BCUT2D eigenvalue weighted by molar-refractivity contribution is -0.138. The number of benzene rings is 1. The Kier molecular flexibility index (Phi) is 3.22. The van der Waals surface area contributed by atoms with Crippen molar-refractivity contribution >= 4 is 23.6 Å². The van der Waals surface area contributed by atoms with Crippen molar-refractivity contribution in [3.63, 3.8) is 0 Å². The van der Waals surface area contributed by atoms with Crippen molar-refractivity contribution in [2.24, 2.45) is 0 Å². The third-order valence-electron chi connectivity index (χ3n) is 4.86. The molecule has 1 saturated carbocycles. The average molecular weight is 316 g/mol. The number of nitrogens with one attached hydrogen (secondary N) is 1. The second-order valence-electron chi connectivity index (χ2n) is 6.52. The predicted molar refractivity (Wildman–Crippen MR) is 86.3 cm³/mol. The number of fused-ring (bicyclic) bond motifs is 1. The molecule has 4 nitrogen and oxygen atoms in total. The van der Waals surface area contributed by atoms with E-state index in [-0.39, 0.29) is 22.7 Å². The highest BCUT2D eigenvalue weighted by atomic mass is 32.2. The molecule has 1 N–H and O–H groups in total. The van der Waals surface area contributed by atoms with Gasteiger partial charge in [0.2, 0.25) is 11.8 Å². The molecule has 2 saturated heterocycles. The van der Waals surface area contributed by atoms with Crippen LogP contribution in [0.15, 0.2) is 24.3 Å². The molecule has 0 aromatic heterocycles. The lowest BCUT2D eigenvalue weighted by Crippen LogP contribution is -2.50. The lowest BCUT2D eigenvalue weighted by Gasteiger charge is -2.34. The van der Waals surface area contributed by atoms with E-state index in [1.807, 2.05) is 4.90 Å². The third kappa shape index (κ3) is 2.14. The summed E-state index contributed by atoms with van der Waals surface area (Å²) in [7, 11) is 0. The van der Waals surface area contributed by atoms with Crippen LogP contribution in [-0.2, 0) is 14.5 Å². The molecule has 2 heterocycles. The molecule has 2 atom stereocenters. The van der Waals surface area contributed by atoms with Crippen molar-refractivity contribution < 1.29 is 9.59 Å². The predicted octanol–water partition coefficient (Wildman–Crippen LogP) is 2.16. The first-order valence-electron chi connectivity index (χ1n) is 7.94. The number of thioether (sulfide) groups is 1. The maximum absolute atomic E-state index is 12.5. The van der Waals surface area contributed by atoms with E-state index in [9.17, 15) is 9.59 Å². The smallest absolute Gasteiger partial charge is 0.243 e. The van der Waals surface area contributed by atoms with Crippen LogP contribution in [0.5, 0.6) is 0 Å². The van der Waals surface area contributed by atoms with E-state index in [2.05, 4.69) is 36.5 Å². The van der Waals surface area contributed by atoms with Crippen molar-refractivity contribution in [1.82, 2.24) is 10.2 Å². The maximum Gasteiger partial charge on any atom is 0.243 e. The van der Waals surface area contributed by atoms with Crippen LogP contribution in [0.25, 0.3) is 0 Å². The first-order chi connectivity index (χ1) is 10.6. The van der Waals surface area contributed by atoms with E-state index in [4.69, 9.17) is 0 Å². The van der Waals surface area contributed by atoms with Crippen molar-refractivity contribution in [3.8, 4) is 0 Å². The van der Waals surface area contributed by atoms with E-state index < -0.39 is 0 Å². The average Bonchev–Trinajstić information content (AvgIpc) is 3.13. The summed E-state index contributed by atoms with van der Waals surface area (Å²) in [6.45, 7) is 2.06. The third-order valence-corrected chi connectivity index (χ3v) is 6.45. The Hall–Kier alpha value is -1.49. The summed E-state index contributed by atoms with van der Waals surface area (Å²) in [6, 6.07) is 8.41. The topological polar surface area (TPSA) is 49.4 Å². The highest BCUT2D eigenvalue weighted by Crippen LogP contribution is 2.54. The Morgan fingerprint density at radius 2 is 2.05 bits per heavy atom. The van der Waals surface area contributed by atoms with Gasteiger partial charge in [-0.15, -0.1) is 11.8 Å². The van der Waals surface area contributed by atoms with Gasteiger partial charge in [0, 0.05) is 18.2 Å². The molecule has 4 rings (SSSR count). The van der Waals surface area contributed by atoms with Gasteiger partial charge in [-0.1, -0.05) is 29.8 Å². The quantitative estimate of drug-likeness (QED) is 0.930. The minimum absolute atomic E-state index is 0.0271. The van der Waals surface area contributed by atoms with Crippen LogP contribution in [0.3, 0.4) is 0 Å². The molecule has 0 bridgehead atoms. The van der Waals surface area contributed by atoms with Gasteiger partial charge in [-0.25, -0.2) is 0 Å². The van der Waals surface area contributed by atoms with E-state index in [0.29, 0.717) is 18.2 Å². The Bertz CT molecular complexity index is 626. The summed E-state index contributed by atoms with van der Waals surface area (Å²) in [4.78, 5) is 26.5. The van der Waals surface area contributed by atoms with Gasteiger partial charge >= 0.3 is 0 Å². The molecular formula is C17H20N2O2S. The summed E-state index contributed by atoms with van der Waals surface area (Å²) < 4.78 is 0. The zero-order chi connectivity index (χ0) is 15.3. The molecule has 1 aromatic rings. The SMILES string of the molecule is Cc1ccc([C@@]23CCC(=O)N2[C@@H](C(=O)NC2CC2)CS3)cc1. The molecule has 3 fully saturated rings. The van der Waals surface area contributed by atoms with Gasteiger partial charge in [-0.3, -0.25) is 9.59 Å². The van der Waals surface area contributed by atoms with E-state index in [1.54, 1.807) is 11.8 Å². The fraction of sp³-hybridized carbons (Fsp3) is 0.529. The molecule has 0 spiro atoms. The Morgan fingerprint density at radius 1 is 1.32 bits per heavy atom. The van der Waals surface area contributed by atoms with Gasteiger partial charge in [0.15, 0.2) is 0 Å². The number of carbonyl (C=O) groups is 2. The fourth-order valence-electron chi connectivity index (χ4n) is 3.48. The van der Waals surface area contributed by atoms with E-state index in [0.717, 1.165) is 24.8 Å². The van der Waals surface area contributed by atoms with Gasteiger partial charge < -0.3 is 10.2 Å². The zero-order valence-electron chi connectivity index (χ0n) is 12.7. The number of aryl methyl sites for hydroxylation is 1. The lowest BCUT2D eigenvalue weighted by atomic mass is 10.0. The fourth-order valence-corrected chi connectivity index (χ4v) is 5.13. The molecule has 5 heteroatoms. The van der Waals surface area contributed by atoms with Crippen LogP contribution in [0.1, 0.15) is 36.8 Å². The molecular weight excluding hydrogens is 296 g/mol. The largest absolute Gasteiger partial charge is 0.352 e.